The summed E-state index contributed by atoms with van der Waals surface area (Å²) in [5.41, 5.74) is 2.88. The minimum atomic E-state index is -4.45. The Balaban J connectivity index is 1.47. The number of ether oxygens (including phenoxy) is 1. The van der Waals surface area contributed by atoms with Gasteiger partial charge in [-0.15, -0.1) is 0 Å². The molecule has 9 heteroatoms. The second kappa shape index (κ2) is 7.23. The molecule has 1 amide bonds. The van der Waals surface area contributed by atoms with E-state index in [0.29, 0.717) is 17.0 Å². The predicted octanol–water partition coefficient (Wildman–Crippen LogP) is 4.31. The molecule has 0 spiro atoms. The van der Waals surface area contributed by atoms with Gasteiger partial charge in [0.1, 0.15) is 24.7 Å². The van der Waals surface area contributed by atoms with Crippen molar-refractivity contribution in [1.82, 2.24) is 15.1 Å². The van der Waals surface area contributed by atoms with Crippen LogP contribution in [0.15, 0.2) is 48.7 Å². The van der Waals surface area contributed by atoms with Crippen molar-refractivity contribution in [3.05, 3.63) is 71.2 Å². The first-order chi connectivity index (χ1) is 13.8. The van der Waals surface area contributed by atoms with Crippen LogP contribution in [0.5, 0.6) is 5.75 Å². The van der Waals surface area contributed by atoms with Gasteiger partial charge in [-0.25, -0.2) is 4.39 Å². The van der Waals surface area contributed by atoms with Gasteiger partial charge in [0.05, 0.1) is 11.9 Å². The van der Waals surface area contributed by atoms with E-state index in [1.165, 1.54) is 18.2 Å². The first-order valence-corrected chi connectivity index (χ1v) is 8.70. The number of aromatic nitrogens is 2. The van der Waals surface area contributed by atoms with Crippen molar-refractivity contribution >= 4 is 5.91 Å². The molecule has 1 N–H and O–H groups in total. The average Bonchev–Trinajstić information content (AvgIpc) is 3.24. The molecule has 0 unspecified atom stereocenters. The van der Waals surface area contributed by atoms with Gasteiger partial charge < -0.3 is 9.64 Å². The SMILES string of the molecule is O=C1c2ccc(OCc3cn[nH]c3-c3ccc(F)cc3)cc2CN1CC(F)(F)F. The van der Waals surface area contributed by atoms with Crippen molar-refractivity contribution in [2.45, 2.75) is 19.3 Å². The number of hydrogen-bond donors (Lipinski definition) is 1. The summed E-state index contributed by atoms with van der Waals surface area (Å²) in [5.74, 6) is -0.563. The largest absolute Gasteiger partial charge is 0.489 e. The van der Waals surface area contributed by atoms with E-state index < -0.39 is 18.6 Å². The summed E-state index contributed by atoms with van der Waals surface area (Å²) in [6, 6.07) is 10.5. The van der Waals surface area contributed by atoms with Gasteiger partial charge in [-0.05, 0) is 48.0 Å². The Morgan fingerprint density at radius 2 is 1.90 bits per heavy atom. The molecule has 150 valence electrons. The molecule has 1 aromatic heterocycles. The number of nitrogens with zero attached hydrogens (tertiary/aromatic N) is 2. The maximum absolute atomic E-state index is 13.1. The Bertz CT molecular complexity index is 1040. The van der Waals surface area contributed by atoms with Crippen LogP contribution >= 0.6 is 0 Å². The van der Waals surface area contributed by atoms with Crippen molar-refractivity contribution in [1.29, 1.82) is 0 Å². The number of H-pyrrole nitrogens is 1. The number of carbonyl (C=O) groups is 1. The Hall–Kier alpha value is -3.36. The number of rotatable bonds is 5. The maximum Gasteiger partial charge on any atom is 0.406 e. The number of alkyl halides is 3. The molecule has 0 atom stereocenters. The highest BCUT2D eigenvalue weighted by Gasteiger charge is 2.37. The van der Waals surface area contributed by atoms with E-state index in [1.807, 2.05) is 0 Å². The second-order valence-electron chi connectivity index (χ2n) is 6.66. The molecule has 0 radical (unpaired) electrons. The van der Waals surface area contributed by atoms with Gasteiger partial charge in [-0.1, -0.05) is 0 Å². The minimum Gasteiger partial charge on any atom is -0.489 e. The minimum absolute atomic E-state index is 0.114. The Morgan fingerprint density at radius 1 is 1.14 bits per heavy atom. The highest BCUT2D eigenvalue weighted by molar-refractivity contribution is 5.98. The summed E-state index contributed by atoms with van der Waals surface area (Å²) in [6.45, 7) is -1.26. The van der Waals surface area contributed by atoms with Crippen LogP contribution < -0.4 is 4.74 Å². The van der Waals surface area contributed by atoms with Crippen LogP contribution in [-0.4, -0.2) is 33.7 Å². The highest BCUT2D eigenvalue weighted by Crippen LogP contribution is 2.30. The molecule has 1 aliphatic heterocycles. The average molecular weight is 405 g/mol. The molecule has 2 heterocycles. The standard InChI is InChI=1S/C20H15F4N3O2/c21-15-3-1-12(2-4-15)18-14(8-25-26-18)10-29-16-5-6-17-13(7-16)9-27(19(17)28)11-20(22,23)24/h1-8H,9-11H2,(H,25,26). The summed E-state index contributed by atoms with van der Waals surface area (Å²) < 4.78 is 56.7. The van der Waals surface area contributed by atoms with Gasteiger partial charge in [0, 0.05) is 23.2 Å². The molecule has 0 saturated heterocycles. The zero-order valence-corrected chi connectivity index (χ0v) is 15.0. The maximum atomic E-state index is 13.1. The van der Waals surface area contributed by atoms with Crippen LogP contribution in [0.4, 0.5) is 17.6 Å². The molecule has 0 bridgehead atoms. The van der Waals surface area contributed by atoms with Gasteiger partial charge in [0.2, 0.25) is 0 Å². The van der Waals surface area contributed by atoms with Crippen LogP contribution in [-0.2, 0) is 13.2 Å². The highest BCUT2D eigenvalue weighted by atomic mass is 19.4. The van der Waals surface area contributed by atoms with Crippen molar-refractivity contribution in [2.24, 2.45) is 0 Å². The molecule has 1 aliphatic rings. The molecule has 0 saturated carbocycles. The Labute approximate surface area is 162 Å². The molecule has 4 rings (SSSR count). The van der Waals surface area contributed by atoms with E-state index in [1.54, 1.807) is 30.5 Å². The van der Waals surface area contributed by atoms with E-state index in [2.05, 4.69) is 10.2 Å². The molecule has 2 aromatic carbocycles. The van der Waals surface area contributed by atoms with Gasteiger partial charge in [0.25, 0.3) is 5.91 Å². The fourth-order valence-corrected chi connectivity index (χ4v) is 3.24. The van der Waals surface area contributed by atoms with Crippen LogP contribution in [0.2, 0.25) is 0 Å². The lowest BCUT2D eigenvalue weighted by atomic mass is 10.1. The van der Waals surface area contributed by atoms with Gasteiger partial charge in [0.15, 0.2) is 0 Å². The lowest BCUT2D eigenvalue weighted by Gasteiger charge is -2.17. The third kappa shape index (κ3) is 4.08. The second-order valence-corrected chi connectivity index (χ2v) is 6.66. The van der Waals surface area contributed by atoms with E-state index in [4.69, 9.17) is 4.74 Å². The number of fused-ring (bicyclic) bond motifs is 1. The first-order valence-electron chi connectivity index (χ1n) is 8.70. The van der Waals surface area contributed by atoms with Gasteiger partial charge in [-0.2, -0.15) is 18.3 Å². The molecule has 5 nitrogen and oxygen atoms in total. The summed E-state index contributed by atoms with van der Waals surface area (Å²) >= 11 is 0. The van der Waals surface area contributed by atoms with Crippen LogP contribution in [0.25, 0.3) is 11.3 Å². The molecule has 3 aromatic rings. The van der Waals surface area contributed by atoms with Gasteiger partial charge >= 0.3 is 6.18 Å². The normalized spacial score (nSPS) is 13.7. The van der Waals surface area contributed by atoms with E-state index in [0.717, 1.165) is 16.0 Å². The molecule has 0 aliphatic carbocycles. The number of benzene rings is 2. The predicted molar refractivity (Wildman–Crippen MR) is 95.6 cm³/mol. The summed E-state index contributed by atoms with van der Waals surface area (Å²) in [4.78, 5) is 12.9. The number of amides is 1. The fourth-order valence-electron chi connectivity index (χ4n) is 3.24. The lowest BCUT2D eigenvalue weighted by molar-refractivity contribution is -0.140. The van der Waals surface area contributed by atoms with Crippen molar-refractivity contribution in [2.75, 3.05) is 6.54 Å². The first kappa shape index (κ1) is 19.0. The zero-order valence-electron chi connectivity index (χ0n) is 15.0. The van der Waals surface area contributed by atoms with E-state index in [-0.39, 0.29) is 24.5 Å². The van der Waals surface area contributed by atoms with Crippen molar-refractivity contribution in [3.8, 4) is 17.0 Å². The number of hydrogen-bond acceptors (Lipinski definition) is 3. The summed E-state index contributed by atoms with van der Waals surface area (Å²) in [7, 11) is 0. The molecule has 0 fully saturated rings. The number of nitrogens with one attached hydrogen (secondary N) is 1. The van der Waals surface area contributed by atoms with Crippen LogP contribution in [0.3, 0.4) is 0 Å². The van der Waals surface area contributed by atoms with Gasteiger partial charge in [-0.3, -0.25) is 9.89 Å². The number of aromatic amines is 1. The summed E-state index contributed by atoms with van der Waals surface area (Å²) in [6.07, 6.45) is -2.87. The third-order valence-electron chi connectivity index (χ3n) is 4.57. The Kier molecular flexibility index (Phi) is 4.73. The Morgan fingerprint density at radius 3 is 2.62 bits per heavy atom. The summed E-state index contributed by atoms with van der Waals surface area (Å²) in [5, 5.41) is 6.83. The van der Waals surface area contributed by atoms with Crippen molar-refractivity contribution in [3.63, 3.8) is 0 Å². The quantitative estimate of drug-likeness (QED) is 0.644. The third-order valence-corrected chi connectivity index (χ3v) is 4.57. The fraction of sp³-hybridized carbons (Fsp3) is 0.200. The zero-order chi connectivity index (χ0) is 20.6. The number of halogens is 4. The van der Waals surface area contributed by atoms with Crippen LogP contribution in [0.1, 0.15) is 21.5 Å². The topological polar surface area (TPSA) is 58.2 Å². The van der Waals surface area contributed by atoms with Crippen LogP contribution in [0, 0.1) is 5.82 Å². The van der Waals surface area contributed by atoms with E-state index >= 15 is 0 Å². The number of carbonyl (C=O) groups excluding carboxylic acids is 1. The van der Waals surface area contributed by atoms with Crippen molar-refractivity contribution < 1.29 is 27.1 Å². The lowest BCUT2D eigenvalue weighted by Crippen LogP contribution is -2.34. The molecular weight excluding hydrogens is 390 g/mol. The smallest absolute Gasteiger partial charge is 0.406 e. The molecular formula is C20H15F4N3O2. The monoisotopic (exact) mass is 405 g/mol. The van der Waals surface area contributed by atoms with E-state index in [9.17, 15) is 22.4 Å². The molecule has 29 heavy (non-hydrogen) atoms.